The molecule has 0 heterocycles. The minimum atomic E-state index is -0.118. The molecule has 0 unspecified atom stereocenters. The summed E-state index contributed by atoms with van der Waals surface area (Å²) in [6.07, 6.45) is 4.47. The van der Waals surface area contributed by atoms with Crippen molar-refractivity contribution in [3.8, 4) is 0 Å². The van der Waals surface area contributed by atoms with Crippen molar-refractivity contribution in [3.63, 3.8) is 0 Å². The number of carbonyl (C=O) groups excluding carboxylic acids is 1. The quantitative estimate of drug-likeness (QED) is 0.572. The molecule has 1 aliphatic rings. The van der Waals surface area contributed by atoms with Gasteiger partial charge in [-0.1, -0.05) is 24.4 Å². The van der Waals surface area contributed by atoms with E-state index in [1.165, 1.54) is 12.8 Å². The second kappa shape index (κ2) is 5.38. The van der Waals surface area contributed by atoms with E-state index in [4.69, 9.17) is 17.4 Å². The maximum absolute atomic E-state index is 12.1. The maximum Gasteiger partial charge on any atom is 0.253 e. The lowest BCUT2D eigenvalue weighted by Gasteiger charge is -2.14. The number of rotatable bonds is 3. The van der Waals surface area contributed by atoms with Crippen LogP contribution in [-0.2, 0) is 0 Å². The SMILES string of the molecule is NNc1ccc(Cl)cc1C(=O)NC1CCCC1. The molecule has 1 saturated carbocycles. The molecular weight excluding hydrogens is 238 g/mol. The molecule has 4 nitrogen and oxygen atoms in total. The molecule has 0 aromatic heterocycles. The molecule has 0 saturated heterocycles. The number of amides is 1. The Morgan fingerprint density at radius 1 is 1.35 bits per heavy atom. The lowest BCUT2D eigenvalue weighted by molar-refractivity contribution is 0.0938. The summed E-state index contributed by atoms with van der Waals surface area (Å²) in [6.45, 7) is 0. The van der Waals surface area contributed by atoms with Gasteiger partial charge in [0, 0.05) is 11.1 Å². The van der Waals surface area contributed by atoms with E-state index < -0.39 is 0 Å². The van der Waals surface area contributed by atoms with Crippen molar-refractivity contribution in [2.45, 2.75) is 31.7 Å². The number of halogens is 1. The zero-order valence-electron chi connectivity index (χ0n) is 9.50. The first-order valence-electron chi connectivity index (χ1n) is 5.77. The number of nitrogens with one attached hydrogen (secondary N) is 2. The average molecular weight is 254 g/mol. The molecule has 1 aromatic rings. The Hall–Kier alpha value is -1.26. The van der Waals surface area contributed by atoms with Gasteiger partial charge in [0.15, 0.2) is 0 Å². The zero-order valence-corrected chi connectivity index (χ0v) is 10.3. The van der Waals surface area contributed by atoms with Crippen LogP contribution in [0.25, 0.3) is 0 Å². The monoisotopic (exact) mass is 253 g/mol. The highest BCUT2D eigenvalue weighted by Gasteiger charge is 2.19. The van der Waals surface area contributed by atoms with Crippen molar-refractivity contribution < 1.29 is 4.79 Å². The van der Waals surface area contributed by atoms with Crippen molar-refractivity contribution in [1.29, 1.82) is 0 Å². The summed E-state index contributed by atoms with van der Waals surface area (Å²) in [5.41, 5.74) is 3.59. The average Bonchev–Trinajstić information content (AvgIpc) is 2.81. The summed E-state index contributed by atoms with van der Waals surface area (Å²) in [5.74, 6) is 5.26. The molecule has 1 aromatic carbocycles. The third-order valence-corrected chi connectivity index (χ3v) is 3.31. The smallest absolute Gasteiger partial charge is 0.253 e. The molecule has 92 valence electrons. The van der Waals surface area contributed by atoms with Crippen LogP contribution >= 0.6 is 11.6 Å². The van der Waals surface area contributed by atoms with Gasteiger partial charge in [-0.15, -0.1) is 0 Å². The van der Waals surface area contributed by atoms with Crippen LogP contribution in [-0.4, -0.2) is 11.9 Å². The normalized spacial score (nSPS) is 15.9. The van der Waals surface area contributed by atoms with Crippen molar-refractivity contribution in [2.75, 3.05) is 5.43 Å². The van der Waals surface area contributed by atoms with E-state index in [0.717, 1.165) is 12.8 Å². The predicted octanol–water partition coefficient (Wildman–Crippen LogP) is 2.30. The Morgan fingerprint density at radius 2 is 2.06 bits per heavy atom. The fourth-order valence-electron chi connectivity index (χ4n) is 2.16. The number of hydrogen-bond acceptors (Lipinski definition) is 3. The number of carbonyl (C=O) groups is 1. The van der Waals surface area contributed by atoms with Gasteiger partial charge in [-0.25, -0.2) is 0 Å². The van der Waals surface area contributed by atoms with Crippen LogP contribution in [0.5, 0.6) is 0 Å². The lowest BCUT2D eigenvalue weighted by atomic mass is 10.1. The second-order valence-corrected chi connectivity index (χ2v) is 4.73. The van der Waals surface area contributed by atoms with Crippen LogP contribution in [0.2, 0.25) is 5.02 Å². The van der Waals surface area contributed by atoms with E-state index in [-0.39, 0.29) is 11.9 Å². The summed E-state index contributed by atoms with van der Waals surface area (Å²) in [4.78, 5) is 12.1. The molecule has 0 radical (unpaired) electrons. The largest absolute Gasteiger partial charge is 0.349 e. The van der Waals surface area contributed by atoms with E-state index >= 15 is 0 Å². The van der Waals surface area contributed by atoms with Gasteiger partial charge in [0.2, 0.25) is 0 Å². The molecule has 4 N–H and O–H groups in total. The molecule has 1 fully saturated rings. The Labute approximate surface area is 105 Å². The predicted molar refractivity (Wildman–Crippen MR) is 69.0 cm³/mol. The van der Waals surface area contributed by atoms with Crippen molar-refractivity contribution in [1.82, 2.24) is 5.32 Å². The minimum Gasteiger partial charge on any atom is -0.349 e. The first kappa shape index (κ1) is 12.2. The van der Waals surface area contributed by atoms with Crippen LogP contribution in [0.3, 0.4) is 0 Å². The highest BCUT2D eigenvalue weighted by atomic mass is 35.5. The summed E-state index contributed by atoms with van der Waals surface area (Å²) in [6, 6.07) is 5.31. The van der Waals surface area contributed by atoms with Crippen molar-refractivity contribution >= 4 is 23.2 Å². The van der Waals surface area contributed by atoms with Gasteiger partial charge >= 0.3 is 0 Å². The number of nitrogens with two attached hydrogens (primary N) is 1. The molecule has 1 amide bonds. The van der Waals surface area contributed by atoms with Gasteiger partial charge in [0.05, 0.1) is 11.3 Å². The third-order valence-electron chi connectivity index (χ3n) is 3.07. The summed E-state index contributed by atoms with van der Waals surface area (Å²) in [7, 11) is 0. The van der Waals surface area contributed by atoms with E-state index in [0.29, 0.717) is 16.3 Å². The van der Waals surface area contributed by atoms with Gasteiger partial charge in [-0.2, -0.15) is 0 Å². The standard InChI is InChI=1S/C12H16ClN3O/c13-8-5-6-11(16-14)10(7-8)12(17)15-9-3-1-2-4-9/h5-7,9,16H,1-4,14H2,(H,15,17). The van der Waals surface area contributed by atoms with E-state index in [1.54, 1.807) is 18.2 Å². The highest BCUT2D eigenvalue weighted by molar-refractivity contribution is 6.31. The molecule has 5 heteroatoms. The Balaban J connectivity index is 2.14. The molecule has 0 atom stereocenters. The van der Waals surface area contributed by atoms with Crippen LogP contribution in [0.4, 0.5) is 5.69 Å². The topological polar surface area (TPSA) is 67.1 Å². The first-order valence-corrected chi connectivity index (χ1v) is 6.15. The summed E-state index contributed by atoms with van der Waals surface area (Å²) < 4.78 is 0. The highest BCUT2D eigenvalue weighted by Crippen LogP contribution is 2.22. The zero-order chi connectivity index (χ0) is 12.3. The Morgan fingerprint density at radius 3 is 2.71 bits per heavy atom. The van der Waals surface area contributed by atoms with E-state index in [9.17, 15) is 4.79 Å². The number of hydrogen-bond donors (Lipinski definition) is 3. The Kier molecular flexibility index (Phi) is 3.86. The summed E-state index contributed by atoms with van der Waals surface area (Å²) in [5, 5.41) is 3.53. The Bertz CT molecular complexity index is 416. The fraction of sp³-hybridized carbons (Fsp3) is 0.417. The van der Waals surface area contributed by atoms with Crippen molar-refractivity contribution in [3.05, 3.63) is 28.8 Å². The number of benzene rings is 1. The summed E-state index contributed by atoms with van der Waals surface area (Å²) >= 11 is 5.89. The second-order valence-electron chi connectivity index (χ2n) is 4.29. The molecule has 2 rings (SSSR count). The van der Waals surface area contributed by atoms with Crippen LogP contribution < -0.4 is 16.6 Å². The number of hydrazine groups is 1. The molecule has 0 spiro atoms. The maximum atomic E-state index is 12.1. The van der Waals surface area contributed by atoms with Gasteiger partial charge in [0.25, 0.3) is 5.91 Å². The molecule has 0 bridgehead atoms. The first-order chi connectivity index (χ1) is 8.20. The number of nitrogen functional groups attached to an aromatic ring is 1. The number of anilines is 1. The molecule has 1 aliphatic carbocycles. The van der Waals surface area contributed by atoms with E-state index in [1.807, 2.05) is 0 Å². The van der Waals surface area contributed by atoms with Gasteiger partial charge in [-0.3, -0.25) is 10.6 Å². The van der Waals surface area contributed by atoms with Crippen LogP contribution in [0, 0.1) is 0 Å². The van der Waals surface area contributed by atoms with Crippen LogP contribution in [0.15, 0.2) is 18.2 Å². The molecule has 17 heavy (non-hydrogen) atoms. The third kappa shape index (κ3) is 2.90. The van der Waals surface area contributed by atoms with Crippen molar-refractivity contribution in [2.24, 2.45) is 5.84 Å². The molecule has 0 aliphatic heterocycles. The van der Waals surface area contributed by atoms with Crippen LogP contribution in [0.1, 0.15) is 36.0 Å². The van der Waals surface area contributed by atoms with Gasteiger partial charge in [-0.05, 0) is 31.0 Å². The lowest BCUT2D eigenvalue weighted by Crippen LogP contribution is -2.33. The fourth-order valence-corrected chi connectivity index (χ4v) is 2.34. The molecular formula is C12H16ClN3O. The van der Waals surface area contributed by atoms with E-state index in [2.05, 4.69) is 10.7 Å². The van der Waals surface area contributed by atoms with Gasteiger partial charge < -0.3 is 10.7 Å². The minimum absolute atomic E-state index is 0.118. The van der Waals surface area contributed by atoms with Gasteiger partial charge in [0.1, 0.15) is 0 Å².